The van der Waals surface area contributed by atoms with Crippen LogP contribution in [0.2, 0.25) is 0 Å². The first-order valence-electron chi connectivity index (χ1n) is 7.59. The quantitative estimate of drug-likeness (QED) is 0.505. The van der Waals surface area contributed by atoms with Crippen LogP contribution < -0.4 is 0 Å². The van der Waals surface area contributed by atoms with E-state index in [2.05, 4.69) is 74.3 Å². The van der Waals surface area contributed by atoms with E-state index in [0.717, 1.165) is 11.2 Å². The Morgan fingerprint density at radius 3 is 2.64 bits per heavy atom. The second kappa shape index (κ2) is 4.70. The van der Waals surface area contributed by atoms with Crippen LogP contribution in [0, 0.1) is 20.8 Å². The van der Waals surface area contributed by atoms with Crippen molar-refractivity contribution in [3.05, 3.63) is 65.4 Å². The van der Waals surface area contributed by atoms with Gasteiger partial charge in [-0.2, -0.15) is 0 Å². The summed E-state index contributed by atoms with van der Waals surface area (Å²) in [5.74, 6) is 0. The van der Waals surface area contributed by atoms with Gasteiger partial charge in [-0.15, -0.1) is 0 Å². The lowest BCUT2D eigenvalue weighted by atomic mass is 10.0. The highest BCUT2D eigenvalue weighted by Gasteiger charge is 2.12. The molecule has 0 atom stereocenters. The van der Waals surface area contributed by atoms with Crippen LogP contribution >= 0.6 is 0 Å². The van der Waals surface area contributed by atoms with E-state index in [1.807, 2.05) is 0 Å². The predicted octanol–water partition coefficient (Wildman–Crippen LogP) is 5.31. The van der Waals surface area contributed by atoms with Crippen LogP contribution in [0.4, 0.5) is 0 Å². The number of rotatable bonds is 1. The SMILES string of the molecule is Cc1ccc2[nH]c(C)c(-c3ccc4cccc(C)c4n3)c2c1. The highest BCUT2D eigenvalue weighted by atomic mass is 14.8. The number of aryl methyl sites for hydroxylation is 3. The number of hydrogen-bond donors (Lipinski definition) is 1. The number of aromatic nitrogens is 2. The van der Waals surface area contributed by atoms with Crippen LogP contribution in [0.25, 0.3) is 33.1 Å². The molecule has 0 saturated carbocycles. The maximum absolute atomic E-state index is 4.94. The van der Waals surface area contributed by atoms with Gasteiger partial charge in [-0.1, -0.05) is 35.9 Å². The van der Waals surface area contributed by atoms with Crippen molar-refractivity contribution in [1.82, 2.24) is 9.97 Å². The van der Waals surface area contributed by atoms with Gasteiger partial charge in [0.25, 0.3) is 0 Å². The summed E-state index contributed by atoms with van der Waals surface area (Å²) < 4.78 is 0. The van der Waals surface area contributed by atoms with Gasteiger partial charge in [-0.05, 0) is 44.5 Å². The minimum atomic E-state index is 1.04. The van der Waals surface area contributed by atoms with Crippen molar-refractivity contribution in [2.24, 2.45) is 0 Å². The lowest BCUT2D eigenvalue weighted by Gasteiger charge is -2.06. The third kappa shape index (κ3) is 1.92. The van der Waals surface area contributed by atoms with Crippen molar-refractivity contribution in [1.29, 1.82) is 0 Å². The molecule has 22 heavy (non-hydrogen) atoms. The normalized spacial score (nSPS) is 11.4. The topological polar surface area (TPSA) is 28.7 Å². The maximum Gasteiger partial charge on any atom is 0.0738 e. The summed E-state index contributed by atoms with van der Waals surface area (Å²) in [4.78, 5) is 8.41. The zero-order valence-corrected chi connectivity index (χ0v) is 13.1. The fraction of sp³-hybridized carbons (Fsp3) is 0.150. The lowest BCUT2D eigenvalue weighted by Crippen LogP contribution is -1.89. The summed E-state index contributed by atoms with van der Waals surface area (Å²) in [6.07, 6.45) is 0. The van der Waals surface area contributed by atoms with E-state index in [1.54, 1.807) is 0 Å². The van der Waals surface area contributed by atoms with E-state index in [-0.39, 0.29) is 0 Å². The minimum absolute atomic E-state index is 1.04. The average Bonchev–Trinajstić information content (AvgIpc) is 2.83. The molecule has 0 radical (unpaired) electrons. The summed E-state index contributed by atoms with van der Waals surface area (Å²) in [7, 11) is 0. The van der Waals surface area contributed by atoms with E-state index in [9.17, 15) is 0 Å². The summed E-state index contributed by atoms with van der Waals surface area (Å²) in [5, 5.41) is 2.44. The Labute approximate surface area is 129 Å². The van der Waals surface area contributed by atoms with E-state index in [4.69, 9.17) is 4.98 Å². The number of benzene rings is 2. The molecule has 4 aromatic rings. The molecule has 1 N–H and O–H groups in total. The molecule has 0 unspecified atom stereocenters. The molecule has 4 rings (SSSR count). The molecule has 0 aliphatic heterocycles. The monoisotopic (exact) mass is 286 g/mol. The van der Waals surface area contributed by atoms with Crippen molar-refractivity contribution >= 4 is 21.8 Å². The number of H-pyrrole nitrogens is 1. The van der Waals surface area contributed by atoms with Gasteiger partial charge in [0, 0.05) is 27.5 Å². The Hall–Kier alpha value is -2.61. The number of nitrogens with one attached hydrogen (secondary N) is 1. The molecule has 108 valence electrons. The van der Waals surface area contributed by atoms with Gasteiger partial charge in [0.2, 0.25) is 0 Å². The van der Waals surface area contributed by atoms with Gasteiger partial charge >= 0.3 is 0 Å². The number of hydrogen-bond acceptors (Lipinski definition) is 1. The van der Waals surface area contributed by atoms with Gasteiger partial charge in [0.15, 0.2) is 0 Å². The summed E-state index contributed by atoms with van der Waals surface area (Å²) in [5.41, 5.74) is 8.16. The first-order chi connectivity index (χ1) is 10.6. The Kier molecular flexibility index (Phi) is 2.80. The van der Waals surface area contributed by atoms with E-state index in [1.165, 1.54) is 38.7 Å². The molecule has 2 heterocycles. The van der Waals surface area contributed by atoms with Crippen molar-refractivity contribution in [3.63, 3.8) is 0 Å². The van der Waals surface area contributed by atoms with Crippen molar-refractivity contribution in [2.75, 3.05) is 0 Å². The molecule has 2 nitrogen and oxygen atoms in total. The van der Waals surface area contributed by atoms with Crippen LogP contribution in [0.1, 0.15) is 16.8 Å². The average molecular weight is 286 g/mol. The first-order valence-corrected chi connectivity index (χ1v) is 7.59. The smallest absolute Gasteiger partial charge is 0.0738 e. The molecule has 0 amide bonds. The molecule has 0 saturated heterocycles. The molecule has 0 fully saturated rings. The van der Waals surface area contributed by atoms with Gasteiger partial charge in [-0.3, -0.25) is 0 Å². The van der Waals surface area contributed by atoms with Crippen molar-refractivity contribution < 1.29 is 0 Å². The fourth-order valence-electron chi connectivity index (χ4n) is 3.21. The lowest BCUT2D eigenvalue weighted by molar-refractivity contribution is 1.28. The highest BCUT2D eigenvalue weighted by Crippen LogP contribution is 2.32. The van der Waals surface area contributed by atoms with Gasteiger partial charge in [0.1, 0.15) is 0 Å². The maximum atomic E-state index is 4.94. The number of nitrogens with zero attached hydrogens (tertiary/aromatic N) is 1. The Balaban J connectivity index is 2.04. The molecular weight excluding hydrogens is 268 g/mol. The Bertz CT molecular complexity index is 1010. The van der Waals surface area contributed by atoms with Gasteiger partial charge < -0.3 is 4.98 Å². The standard InChI is InChI=1S/C20H18N2/c1-12-7-9-17-16(11-12)19(14(3)21-17)18-10-8-15-6-4-5-13(2)20(15)22-18/h4-11,21H,1-3H3. The summed E-state index contributed by atoms with van der Waals surface area (Å²) in [6.45, 7) is 6.36. The zero-order valence-electron chi connectivity index (χ0n) is 13.1. The minimum Gasteiger partial charge on any atom is -0.358 e. The Morgan fingerprint density at radius 2 is 1.77 bits per heavy atom. The molecule has 2 heteroatoms. The van der Waals surface area contributed by atoms with Crippen molar-refractivity contribution in [2.45, 2.75) is 20.8 Å². The van der Waals surface area contributed by atoms with Gasteiger partial charge in [-0.25, -0.2) is 4.98 Å². The summed E-state index contributed by atoms with van der Waals surface area (Å²) in [6, 6.07) is 17.1. The van der Waals surface area contributed by atoms with Crippen molar-refractivity contribution in [3.8, 4) is 11.3 Å². The highest BCUT2D eigenvalue weighted by molar-refractivity contribution is 5.98. The number of fused-ring (bicyclic) bond motifs is 2. The second-order valence-corrected chi connectivity index (χ2v) is 6.02. The first kappa shape index (κ1) is 13.1. The third-order valence-electron chi connectivity index (χ3n) is 4.32. The molecular formula is C20H18N2. The van der Waals surface area contributed by atoms with Crippen LogP contribution in [0.3, 0.4) is 0 Å². The Morgan fingerprint density at radius 1 is 0.909 bits per heavy atom. The largest absolute Gasteiger partial charge is 0.358 e. The zero-order chi connectivity index (χ0) is 15.3. The molecule has 0 bridgehead atoms. The van der Waals surface area contributed by atoms with Crippen LogP contribution in [0.5, 0.6) is 0 Å². The second-order valence-electron chi connectivity index (χ2n) is 6.02. The van der Waals surface area contributed by atoms with Gasteiger partial charge in [0.05, 0.1) is 11.2 Å². The molecule has 0 aliphatic carbocycles. The molecule has 0 spiro atoms. The third-order valence-corrected chi connectivity index (χ3v) is 4.32. The molecule has 2 aromatic carbocycles. The van der Waals surface area contributed by atoms with Crippen LogP contribution in [-0.4, -0.2) is 9.97 Å². The van der Waals surface area contributed by atoms with E-state index >= 15 is 0 Å². The summed E-state index contributed by atoms with van der Waals surface area (Å²) >= 11 is 0. The number of pyridine rings is 1. The van der Waals surface area contributed by atoms with E-state index < -0.39 is 0 Å². The number of aromatic amines is 1. The predicted molar refractivity (Wildman–Crippen MR) is 93.2 cm³/mol. The number of para-hydroxylation sites is 1. The fourth-order valence-corrected chi connectivity index (χ4v) is 3.21. The molecule has 2 aromatic heterocycles. The molecule has 0 aliphatic rings. The van der Waals surface area contributed by atoms with E-state index in [0.29, 0.717) is 0 Å². The van der Waals surface area contributed by atoms with Crippen LogP contribution in [-0.2, 0) is 0 Å². The van der Waals surface area contributed by atoms with Crippen LogP contribution in [0.15, 0.2) is 48.5 Å².